The van der Waals surface area contributed by atoms with E-state index in [0.29, 0.717) is 12.3 Å². The molecule has 5 N–H and O–H groups in total. The molecule has 1 aromatic heterocycles. The minimum Gasteiger partial charge on any atom is -0.443 e. The lowest BCUT2D eigenvalue weighted by Crippen LogP contribution is -2.46. The average molecular weight is 476 g/mol. The molecule has 7 nitrogen and oxygen atoms in total. The maximum absolute atomic E-state index is 12.4. The summed E-state index contributed by atoms with van der Waals surface area (Å²) >= 11 is 0. The molecule has 2 rings (SSSR count). The fraction of sp³-hybridized carbons (Fsp3) is 0.667. The first kappa shape index (κ1) is 28.1. The zero-order valence-corrected chi connectivity index (χ0v) is 22.0. The van der Waals surface area contributed by atoms with E-state index in [1.165, 1.54) is 16.5 Å². The van der Waals surface area contributed by atoms with Gasteiger partial charge in [0.2, 0.25) is 0 Å². The van der Waals surface area contributed by atoms with E-state index in [-0.39, 0.29) is 18.4 Å². The molecule has 4 unspecified atom stereocenters. The predicted molar refractivity (Wildman–Crippen MR) is 138 cm³/mol. The van der Waals surface area contributed by atoms with Crippen LogP contribution in [0.3, 0.4) is 0 Å². The van der Waals surface area contributed by atoms with Crippen molar-refractivity contribution in [2.24, 2.45) is 17.6 Å². The number of hydrogen-bond donors (Lipinski definition) is 4. The number of aliphatic hydroxyl groups is 1. The van der Waals surface area contributed by atoms with Gasteiger partial charge in [0.15, 0.2) is 0 Å². The van der Waals surface area contributed by atoms with Gasteiger partial charge in [-0.25, -0.2) is 4.79 Å². The van der Waals surface area contributed by atoms with Gasteiger partial charge in [-0.05, 0) is 81.0 Å². The van der Waals surface area contributed by atoms with Gasteiger partial charge < -0.3 is 30.6 Å². The van der Waals surface area contributed by atoms with Crippen molar-refractivity contribution >= 4 is 17.0 Å². The Balaban J connectivity index is 2.25. The van der Waals surface area contributed by atoms with Crippen molar-refractivity contribution in [3.63, 3.8) is 0 Å². The van der Waals surface area contributed by atoms with Crippen LogP contribution in [0.4, 0.5) is 4.79 Å². The van der Waals surface area contributed by atoms with Crippen LogP contribution in [0.2, 0.25) is 0 Å². The normalized spacial score (nSPS) is 15.8. The number of carbonyl (C=O) groups is 1. The highest BCUT2D eigenvalue weighted by Gasteiger charge is 2.32. The fourth-order valence-electron chi connectivity index (χ4n) is 4.57. The van der Waals surface area contributed by atoms with Crippen LogP contribution in [0.15, 0.2) is 24.4 Å². The molecular weight excluding hydrogens is 430 g/mol. The molecule has 192 valence electrons. The smallest absolute Gasteiger partial charge is 0.407 e. The lowest BCUT2D eigenvalue weighted by molar-refractivity contribution is -0.0130. The Morgan fingerprint density at radius 2 is 1.94 bits per heavy atom. The van der Waals surface area contributed by atoms with E-state index in [4.69, 9.17) is 15.2 Å². The minimum atomic E-state index is -0.918. The van der Waals surface area contributed by atoms with E-state index in [9.17, 15) is 9.90 Å². The molecule has 0 aliphatic heterocycles. The lowest BCUT2D eigenvalue weighted by atomic mass is 9.76. The van der Waals surface area contributed by atoms with Crippen LogP contribution < -0.4 is 11.1 Å². The number of rotatable bonds is 12. The third-order valence-corrected chi connectivity index (χ3v) is 6.52. The van der Waals surface area contributed by atoms with E-state index in [2.05, 4.69) is 55.5 Å². The molecule has 0 aliphatic carbocycles. The van der Waals surface area contributed by atoms with Crippen molar-refractivity contribution in [2.75, 3.05) is 20.3 Å². The number of H-pyrrole nitrogens is 1. The second kappa shape index (κ2) is 12.6. The van der Waals surface area contributed by atoms with Crippen molar-refractivity contribution < 1.29 is 19.4 Å². The number of methoxy groups -OCH3 is 1. The topological polar surface area (TPSA) is 110 Å². The molecule has 2 aromatic rings. The SMILES string of the molecule is COCCCc1c[nH]c2ccc(C(C)C(CC(OC(=O)NC(C)(C)C)C(O)CN)C(C)C)cc12. The Kier molecular flexibility index (Phi) is 10.4. The number of nitrogens with one attached hydrogen (secondary N) is 2. The molecular formula is C27H45N3O4. The van der Waals surface area contributed by atoms with E-state index in [0.717, 1.165) is 25.0 Å². The average Bonchev–Trinajstić information content (AvgIpc) is 3.16. The Hall–Kier alpha value is -2.09. The monoisotopic (exact) mass is 475 g/mol. The number of aryl methyl sites for hydroxylation is 1. The van der Waals surface area contributed by atoms with Gasteiger partial charge >= 0.3 is 6.09 Å². The Bertz CT molecular complexity index is 903. The number of hydrogen-bond acceptors (Lipinski definition) is 5. The first-order valence-corrected chi connectivity index (χ1v) is 12.4. The number of aromatic amines is 1. The summed E-state index contributed by atoms with van der Waals surface area (Å²) in [6, 6.07) is 6.58. The quantitative estimate of drug-likeness (QED) is 0.332. The molecule has 1 aromatic carbocycles. The standard InChI is InChI=1S/C27H45N3O4/c1-17(2)21(14-25(24(31)15-28)34-26(32)30-27(4,5)6)18(3)19-10-11-23-22(13-19)20(16-29-23)9-8-12-33-7/h10-11,13,16-18,21,24-25,29,31H,8-9,12,14-15,28H2,1-7H3,(H,30,32). The summed E-state index contributed by atoms with van der Waals surface area (Å²) in [5.41, 5.74) is 8.99. The van der Waals surface area contributed by atoms with E-state index >= 15 is 0 Å². The van der Waals surface area contributed by atoms with Crippen LogP contribution in [0.1, 0.15) is 71.4 Å². The summed E-state index contributed by atoms with van der Waals surface area (Å²) in [4.78, 5) is 15.8. The zero-order chi connectivity index (χ0) is 25.5. The van der Waals surface area contributed by atoms with Gasteiger partial charge in [-0.3, -0.25) is 0 Å². The van der Waals surface area contributed by atoms with Crippen LogP contribution >= 0.6 is 0 Å². The van der Waals surface area contributed by atoms with Gasteiger partial charge in [0, 0.05) is 42.9 Å². The van der Waals surface area contributed by atoms with Gasteiger partial charge in [-0.15, -0.1) is 0 Å². The summed E-state index contributed by atoms with van der Waals surface area (Å²) in [5, 5.41) is 14.6. The van der Waals surface area contributed by atoms with Crippen LogP contribution in [-0.4, -0.2) is 54.2 Å². The molecule has 0 spiro atoms. The molecule has 0 bridgehead atoms. The predicted octanol–water partition coefficient (Wildman–Crippen LogP) is 4.73. The van der Waals surface area contributed by atoms with Gasteiger partial charge in [0.1, 0.15) is 12.2 Å². The molecule has 0 fully saturated rings. The molecule has 0 saturated heterocycles. The summed E-state index contributed by atoms with van der Waals surface area (Å²) in [6.07, 6.45) is 2.42. The molecule has 4 atom stereocenters. The fourth-order valence-corrected chi connectivity index (χ4v) is 4.57. The largest absolute Gasteiger partial charge is 0.443 e. The van der Waals surface area contributed by atoms with Crippen LogP contribution in [0.5, 0.6) is 0 Å². The van der Waals surface area contributed by atoms with Gasteiger partial charge in [-0.1, -0.05) is 26.8 Å². The van der Waals surface area contributed by atoms with Crippen molar-refractivity contribution in [3.8, 4) is 0 Å². The second-order valence-electron chi connectivity index (χ2n) is 10.8. The Labute approximate surface area is 204 Å². The number of amides is 1. The van der Waals surface area contributed by atoms with Crippen molar-refractivity contribution in [1.29, 1.82) is 0 Å². The number of aliphatic hydroxyl groups excluding tert-OH is 1. The lowest BCUT2D eigenvalue weighted by Gasteiger charge is -2.33. The van der Waals surface area contributed by atoms with Crippen molar-refractivity contribution in [3.05, 3.63) is 35.5 Å². The molecule has 0 radical (unpaired) electrons. The number of nitrogens with two attached hydrogens (primary N) is 1. The highest BCUT2D eigenvalue weighted by atomic mass is 16.6. The van der Waals surface area contributed by atoms with Crippen LogP contribution in [0, 0.1) is 11.8 Å². The number of benzene rings is 1. The first-order chi connectivity index (χ1) is 16.0. The van der Waals surface area contributed by atoms with E-state index < -0.39 is 23.8 Å². The maximum atomic E-state index is 12.4. The van der Waals surface area contributed by atoms with Crippen LogP contribution in [0.25, 0.3) is 10.9 Å². The van der Waals surface area contributed by atoms with E-state index in [1.807, 2.05) is 20.8 Å². The van der Waals surface area contributed by atoms with Crippen LogP contribution in [-0.2, 0) is 15.9 Å². The summed E-state index contributed by atoms with van der Waals surface area (Å²) in [6.45, 7) is 13.0. The molecule has 34 heavy (non-hydrogen) atoms. The van der Waals surface area contributed by atoms with Gasteiger partial charge in [0.05, 0.1) is 0 Å². The summed E-state index contributed by atoms with van der Waals surface area (Å²) < 4.78 is 10.9. The summed E-state index contributed by atoms with van der Waals surface area (Å²) in [7, 11) is 1.73. The Morgan fingerprint density at radius 3 is 2.53 bits per heavy atom. The third kappa shape index (κ3) is 8.00. The molecule has 0 aliphatic rings. The number of aromatic nitrogens is 1. The van der Waals surface area contributed by atoms with Crippen molar-refractivity contribution in [2.45, 2.75) is 84.5 Å². The second-order valence-corrected chi connectivity index (χ2v) is 10.8. The molecule has 7 heteroatoms. The van der Waals surface area contributed by atoms with Gasteiger partial charge in [0.25, 0.3) is 0 Å². The highest BCUT2D eigenvalue weighted by Crippen LogP contribution is 2.36. The number of fused-ring (bicyclic) bond motifs is 1. The minimum absolute atomic E-state index is 0.0345. The van der Waals surface area contributed by atoms with Gasteiger partial charge in [-0.2, -0.15) is 0 Å². The van der Waals surface area contributed by atoms with Crippen molar-refractivity contribution in [1.82, 2.24) is 10.3 Å². The number of alkyl carbamates (subject to hydrolysis) is 1. The molecule has 1 heterocycles. The summed E-state index contributed by atoms with van der Waals surface area (Å²) in [5.74, 6) is 0.703. The maximum Gasteiger partial charge on any atom is 0.407 e. The molecule has 1 amide bonds. The number of ether oxygens (including phenoxy) is 2. The van der Waals surface area contributed by atoms with E-state index in [1.54, 1.807) is 7.11 Å². The zero-order valence-electron chi connectivity index (χ0n) is 22.0. The number of carbonyl (C=O) groups excluding carboxylic acids is 1. The first-order valence-electron chi connectivity index (χ1n) is 12.4. The highest BCUT2D eigenvalue weighted by molar-refractivity contribution is 5.84. The Morgan fingerprint density at radius 1 is 1.24 bits per heavy atom. The molecule has 0 saturated carbocycles. The third-order valence-electron chi connectivity index (χ3n) is 6.52.